The van der Waals surface area contributed by atoms with Crippen molar-refractivity contribution in [3.8, 4) is 17.1 Å². The van der Waals surface area contributed by atoms with Crippen molar-refractivity contribution in [2.75, 3.05) is 7.11 Å². The van der Waals surface area contributed by atoms with Gasteiger partial charge in [-0.15, -0.1) is 0 Å². The number of aromatic nitrogens is 1. The molecule has 1 aromatic heterocycles. The predicted octanol–water partition coefficient (Wildman–Crippen LogP) is 4.39. The maximum Gasteiger partial charge on any atom is 0.195 e. The van der Waals surface area contributed by atoms with E-state index in [1.807, 2.05) is 31.2 Å². The number of hydrogen-bond donors (Lipinski definition) is 0. The highest BCUT2D eigenvalue weighted by atomic mass is 16.5. The largest absolute Gasteiger partial charge is 0.497 e. The number of hydrogen-bond acceptors (Lipinski definition) is 3. The summed E-state index contributed by atoms with van der Waals surface area (Å²) < 4.78 is 11.0. The van der Waals surface area contributed by atoms with E-state index in [2.05, 4.69) is 11.9 Å². The van der Waals surface area contributed by atoms with Crippen molar-refractivity contribution in [1.82, 2.24) is 4.98 Å². The van der Waals surface area contributed by atoms with Crippen LogP contribution in [0.1, 0.15) is 37.8 Å². The van der Waals surface area contributed by atoms with Gasteiger partial charge >= 0.3 is 0 Å². The Kier molecular flexibility index (Phi) is 4.61. The van der Waals surface area contributed by atoms with Gasteiger partial charge in [0.2, 0.25) is 0 Å². The standard InChI is InChI=1S/C16H21NO2/c1-4-5-6-7-15-17-12(2)16(19-15)13-8-10-14(18-3)11-9-13/h8-11H,4-7H2,1-3H3. The summed E-state index contributed by atoms with van der Waals surface area (Å²) in [7, 11) is 1.67. The molecule has 0 bridgehead atoms. The number of unbranched alkanes of at least 4 members (excludes halogenated alkanes) is 2. The van der Waals surface area contributed by atoms with Gasteiger partial charge in [-0.2, -0.15) is 0 Å². The van der Waals surface area contributed by atoms with Crippen LogP contribution in [0.25, 0.3) is 11.3 Å². The summed E-state index contributed by atoms with van der Waals surface area (Å²) in [6.45, 7) is 4.19. The zero-order valence-corrected chi connectivity index (χ0v) is 11.9. The molecule has 0 aliphatic carbocycles. The van der Waals surface area contributed by atoms with Crippen molar-refractivity contribution >= 4 is 0 Å². The lowest BCUT2D eigenvalue weighted by molar-refractivity contribution is 0.415. The minimum atomic E-state index is 0.844. The van der Waals surface area contributed by atoms with Crippen LogP contribution >= 0.6 is 0 Å². The second-order valence-corrected chi connectivity index (χ2v) is 4.71. The van der Waals surface area contributed by atoms with Crippen LogP contribution in [0.2, 0.25) is 0 Å². The van der Waals surface area contributed by atoms with Gasteiger partial charge in [0.25, 0.3) is 0 Å². The maximum absolute atomic E-state index is 5.87. The van der Waals surface area contributed by atoms with Gasteiger partial charge in [0, 0.05) is 12.0 Å². The Balaban J connectivity index is 2.14. The van der Waals surface area contributed by atoms with Crippen LogP contribution in [0.15, 0.2) is 28.7 Å². The smallest absolute Gasteiger partial charge is 0.195 e. The van der Waals surface area contributed by atoms with Gasteiger partial charge in [-0.1, -0.05) is 19.8 Å². The minimum Gasteiger partial charge on any atom is -0.497 e. The molecule has 0 aliphatic rings. The van der Waals surface area contributed by atoms with E-state index in [9.17, 15) is 0 Å². The highest BCUT2D eigenvalue weighted by Gasteiger charge is 2.11. The van der Waals surface area contributed by atoms with E-state index in [0.29, 0.717) is 0 Å². The first-order chi connectivity index (χ1) is 9.24. The second kappa shape index (κ2) is 6.41. The summed E-state index contributed by atoms with van der Waals surface area (Å²) in [5.41, 5.74) is 2.00. The Morgan fingerprint density at radius 2 is 1.89 bits per heavy atom. The molecule has 0 fully saturated rings. The van der Waals surface area contributed by atoms with Crippen molar-refractivity contribution in [1.29, 1.82) is 0 Å². The molecule has 2 rings (SSSR count). The lowest BCUT2D eigenvalue weighted by Crippen LogP contribution is -1.84. The quantitative estimate of drug-likeness (QED) is 0.722. The fraction of sp³-hybridized carbons (Fsp3) is 0.438. The van der Waals surface area contributed by atoms with E-state index in [1.54, 1.807) is 7.11 Å². The number of methoxy groups -OCH3 is 1. The van der Waals surface area contributed by atoms with Crippen LogP contribution in [0.5, 0.6) is 5.75 Å². The third-order valence-corrected chi connectivity index (χ3v) is 3.19. The van der Waals surface area contributed by atoms with Gasteiger partial charge < -0.3 is 9.15 Å². The summed E-state index contributed by atoms with van der Waals surface area (Å²) in [5.74, 6) is 2.56. The molecule has 0 spiro atoms. The summed E-state index contributed by atoms with van der Waals surface area (Å²) in [4.78, 5) is 4.50. The monoisotopic (exact) mass is 259 g/mol. The van der Waals surface area contributed by atoms with Crippen molar-refractivity contribution in [2.24, 2.45) is 0 Å². The molecule has 0 radical (unpaired) electrons. The molecule has 0 N–H and O–H groups in total. The van der Waals surface area contributed by atoms with Crippen LogP contribution in [-0.4, -0.2) is 12.1 Å². The van der Waals surface area contributed by atoms with Gasteiger partial charge in [-0.3, -0.25) is 0 Å². The van der Waals surface area contributed by atoms with E-state index in [1.165, 1.54) is 12.8 Å². The molecule has 19 heavy (non-hydrogen) atoms. The molecular weight excluding hydrogens is 238 g/mol. The summed E-state index contributed by atoms with van der Waals surface area (Å²) >= 11 is 0. The lowest BCUT2D eigenvalue weighted by Gasteiger charge is -2.01. The van der Waals surface area contributed by atoms with E-state index in [4.69, 9.17) is 9.15 Å². The first-order valence-corrected chi connectivity index (χ1v) is 6.85. The molecule has 3 heteroatoms. The van der Waals surface area contributed by atoms with E-state index < -0.39 is 0 Å². The van der Waals surface area contributed by atoms with Crippen LogP contribution in [0.3, 0.4) is 0 Å². The zero-order chi connectivity index (χ0) is 13.7. The molecule has 1 heterocycles. The van der Waals surface area contributed by atoms with Gasteiger partial charge in [0.15, 0.2) is 11.7 Å². The molecule has 0 saturated carbocycles. The predicted molar refractivity (Wildman–Crippen MR) is 76.5 cm³/mol. The lowest BCUT2D eigenvalue weighted by atomic mass is 10.1. The van der Waals surface area contributed by atoms with Crippen LogP contribution in [-0.2, 0) is 6.42 Å². The van der Waals surface area contributed by atoms with Crippen LogP contribution in [0, 0.1) is 6.92 Å². The first kappa shape index (κ1) is 13.7. The number of oxazole rings is 1. The van der Waals surface area contributed by atoms with Crippen LogP contribution in [0.4, 0.5) is 0 Å². The fourth-order valence-corrected chi connectivity index (χ4v) is 2.10. The first-order valence-electron chi connectivity index (χ1n) is 6.85. The Morgan fingerprint density at radius 1 is 1.16 bits per heavy atom. The van der Waals surface area contributed by atoms with E-state index >= 15 is 0 Å². The third-order valence-electron chi connectivity index (χ3n) is 3.19. The molecule has 0 amide bonds. The summed E-state index contributed by atoms with van der Waals surface area (Å²) in [6.07, 6.45) is 4.49. The second-order valence-electron chi connectivity index (χ2n) is 4.71. The van der Waals surface area contributed by atoms with Crippen molar-refractivity contribution in [3.05, 3.63) is 35.9 Å². The molecule has 0 saturated heterocycles. The van der Waals surface area contributed by atoms with Gasteiger partial charge in [0.05, 0.1) is 12.8 Å². The normalized spacial score (nSPS) is 10.7. The van der Waals surface area contributed by atoms with Gasteiger partial charge in [0.1, 0.15) is 5.75 Å². The number of rotatable bonds is 6. The number of benzene rings is 1. The average molecular weight is 259 g/mol. The Morgan fingerprint density at radius 3 is 2.53 bits per heavy atom. The minimum absolute atomic E-state index is 0.844. The number of ether oxygens (including phenoxy) is 1. The third kappa shape index (κ3) is 3.37. The average Bonchev–Trinajstić information content (AvgIpc) is 2.80. The van der Waals surface area contributed by atoms with Crippen molar-refractivity contribution < 1.29 is 9.15 Å². The molecule has 1 aromatic carbocycles. The van der Waals surface area contributed by atoms with Crippen molar-refractivity contribution in [3.63, 3.8) is 0 Å². The topological polar surface area (TPSA) is 35.3 Å². The van der Waals surface area contributed by atoms with E-state index in [-0.39, 0.29) is 0 Å². The molecule has 0 aliphatic heterocycles. The molecular formula is C16H21NO2. The van der Waals surface area contributed by atoms with Crippen molar-refractivity contribution in [2.45, 2.75) is 39.5 Å². The Bertz CT molecular complexity index is 514. The van der Waals surface area contributed by atoms with Gasteiger partial charge in [-0.25, -0.2) is 4.98 Å². The number of aryl methyl sites for hydroxylation is 2. The molecule has 102 valence electrons. The summed E-state index contributed by atoms with van der Waals surface area (Å²) in [6, 6.07) is 7.88. The molecule has 0 unspecified atom stereocenters. The Labute approximate surface area is 114 Å². The Hall–Kier alpha value is -1.77. The highest BCUT2D eigenvalue weighted by Crippen LogP contribution is 2.26. The maximum atomic E-state index is 5.87. The molecule has 2 aromatic rings. The van der Waals surface area contributed by atoms with Crippen LogP contribution < -0.4 is 4.74 Å². The fourth-order valence-electron chi connectivity index (χ4n) is 2.10. The summed E-state index contributed by atoms with van der Waals surface area (Å²) in [5, 5.41) is 0. The SMILES string of the molecule is CCCCCc1nc(C)c(-c2ccc(OC)cc2)o1. The molecule has 0 atom stereocenters. The highest BCUT2D eigenvalue weighted by molar-refractivity contribution is 5.60. The number of nitrogens with zero attached hydrogens (tertiary/aromatic N) is 1. The van der Waals surface area contributed by atoms with Gasteiger partial charge in [-0.05, 0) is 37.6 Å². The molecule has 3 nitrogen and oxygen atoms in total. The van der Waals surface area contributed by atoms with E-state index in [0.717, 1.165) is 41.5 Å². The zero-order valence-electron chi connectivity index (χ0n) is 11.9.